The summed E-state index contributed by atoms with van der Waals surface area (Å²) in [5, 5.41) is 0. The average molecular weight is 403 g/mol. The third-order valence-electron chi connectivity index (χ3n) is 5.24. The highest BCUT2D eigenvalue weighted by Crippen LogP contribution is 2.44. The summed E-state index contributed by atoms with van der Waals surface area (Å²) >= 11 is 1.59. The van der Waals surface area contributed by atoms with Gasteiger partial charge in [-0.3, -0.25) is 9.69 Å². The molecule has 2 aromatic rings. The van der Waals surface area contributed by atoms with E-state index in [9.17, 15) is 13.6 Å². The van der Waals surface area contributed by atoms with Gasteiger partial charge in [0.25, 0.3) is 5.92 Å². The van der Waals surface area contributed by atoms with Crippen LogP contribution in [0.5, 0.6) is 0 Å². The summed E-state index contributed by atoms with van der Waals surface area (Å²) in [6.07, 6.45) is 1.97. The number of likely N-dealkylation sites (N-methyl/N-ethyl adjacent to an activating group) is 1. The van der Waals surface area contributed by atoms with Crippen molar-refractivity contribution in [2.45, 2.75) is 36.1 Å². The van der Waals surface area contributed by atoms with E-state index >= 15 is 0 Å². The van der Waals surface area contributed by atoms with Crippen molar-refractivity contribution in [2.75, 3.05) is 13.3 Å². The number of rotatable bonds is 4. The molecule has 3 rings (SSSR count). The van der Waals surface area contributed by atoms with Gasteiger partial charge < -0.3 is 5.73 Å². The van der Waals surface area contributed by atoms with Gasteiger partial charge in [-0.05, 0) is 36.4 Å². The summed E-state index contributed by atoms with van der Waals surface area (Å²) in [5.41, 5.74) is 6.45. The molecule has 7 heteroatoms. The molecule has 4 nitrogen and oxygen atoms in total. The highest BCUT2D eigenvalue weighted by Gasteiger charge is 2.47. The first-order valence-corrected chi connectivity index (χ1v) is 10.1. The second-order valence-corrected chi connectivity index (χ2v) is 8.07. The lowest BCUT2D eigenvalue weighted by Crippen LogP contribution is -2.52. The number of amides is 1. The number of hydrogen-bond acceptors (Lipinski definition) is 4. The molecule has 0 aromatic heterocycles. The Morgan fingerprint density at radius 1 is 1.21 bits per heavy atom. The molecular weight excluding hydrogens is 380 g/mol. The van der Waals surface area contributed by atoms with Crippen molar-refractivity contribution in [3.8, 4) is 0 Å². The maximum atomic E-state index is 13.6. The topological polar surface area (TPSA) is 58.7 Å². The van der Waals surface area contributed by atoms with Crippen molar-refractivity contribution in [3.63, 3.8) is 0 Å². The lowest BCUT2D eigenvalue weighted by atomic mass is 9.74. The van der Waals surface area contributed by atoms with Gasteiger partial charge in [0.2, 0.25) is 5.91 Å². The monoisotopic (exact) mass is 403 g/mol. The molecule has 148 valence electrons. The van der Waals surface area contributed by atoms with E-state index in [1.165, 1.54) is 17.0 Å². The molecule has 28 heavy (non-hydrogen) atoms. The van der Waals surface area contributed by atoms with E-state index in [2.05, 4.69) is 4.99 Å². The average Bonchev–Trinajstić information content (AvgIpc) is 2.66. The Hall–Kier alpha value is -2.41. The van der Waals surface area contributed by atoms with Crippen molar-refractivity contribution in [1.29, 1.82) is 0 Å². The normalized spacial score (nSPS) is 22.9. The van der Waals surface area contributed by atoms with E-state index in [4.69, 9.17) is 5.73 Å². The van der Waals surface area contributed by atoms with Gasteiger partial charge in [-0.2, -0.15) is 0 Å². The van der Waals surface area contributed by atoms with E-state index in [0.29, 0.717) is 5.56 Å². The number of nitrogens with zero attached hydrogens (tertiary/aromatic N) is 2. The van der Waals surface area contributed by atoms with E-state index in [-0.39, 0.29) is 17.4 Å². The van der Waals surface area contributed by atoms with E-state index in [1.54, 1.807) is 30.9 Å². The fraction of sp³-hybridized carbons (Fsp3) is 0.333. The molecule has 2 N–H and O–H groups in total. The minimum Gasteiger partial charge on any atom is -0.369 e. The second-order valence-electron chi connectivity index (χ2n) is 7.19. The lowest BCUT2D eigenvalue weighted by molar-refractivity contribution is -0.130. The molecule has 1 aliphatic heterocycles. The fourth-order valence-electron chi connectivity index (χ4n) is 3.53. The summed E-state index contributed by atoms with van der Waals surface area (Å²) in [6.45, 7) is 2.71. The molecule has 0 radical (unpaired) electrons. The minimum atomic E-state index is -2.94. The number of aliphatic imine (C=N–C) groups is 1. The van der Waals surface area contributed by atoms with Gasteiger partial charge in [0.1, 0.15) is 5.54 Å². The second kappa shape index (κ2) is 7.20. The number of carbonyl (C=O) groups excluding carboxylic acids is 1. The number of thioether (sulfide) groups is 1. The Labute approximate surface area is 167 Å². The van der Waals surface area contributed by atoms with Crippen molar-refractivity contribution >= 4 is 23.6 Å². The van der Waals surface area contributed by atoms with Gasteiger partial charge in [-0.1, -0.05) is 36.4 Å². The molecule has 1 unspecified atom stereocenters. The van der Waals surface area contributed by atoms with Crippen molar-refractivity contribution in [3.05, 3.63) is 65.2 Å². The van der Waals surface area contributed by atoms with Gasteiger partial charge in [0.15, 0.2) is 5.96 Å². The number of hydrogen-bond donors (Lipinski definition) is 1. The predicted octanol–water partition coefficient (Wildman–Crippen LogP) is 4.31. The van der Waals surface area contributed by atoms with E-state index in [0.717, 1.165) is 17.4 Å². The number of benzene rings is 2. The molecule has 1 aliphatic rings. The molecular formula is C21H23F2N3OS. The summed E-state index contributed by atoms with van der Waals surface area (Å²) in [5.74, 6) is -3.71. The van der Waals surface area contributed by atoms with Crippen molar-refractivity contribution in [1.82, 2.24) is 4.90 Å². The van der Waals surface area contributed by atoms with Crippen LogP contribution in [0.4, 0.5) is 8.78 Å². The first-order valence-electron chi connectivity index (χ1n) is 8.83. The van der Waals surface area contributed by atoms with Crippen molar-refractivity contribution < 1.29 is 13.6 Å². The fourth-order valence-corrected chi connectivity index (χ4v) is 3.99. The van der Waals surface area contributed by atoms with Crippen LogP contribution < -0.4 is 5.73 Å². The van der Waals surface area contributed by atoms with Crippen LogP contribution in [0.3, 0.4) is 0 Å². The van der Waals surface area contributed by atoms with Crippen LogP contribution >= 0.6 is 11.8 Å². The highest BCUT2D eigenvalue weighted by molar-refractivity contribution is 7.98. The van der Waals surface area contributed by atoms with Crippen LogP contribution in [0, 0.1) is 0 Å². The standard InChI is InChI=1S/C21H23F2N3OS/c1-20(15-6-5-7-16(12-15)28-4)17(18(27)26(3)19(24)25-20)13-8-10-14(11-9-13)21(2,22)23/h5-12,17H,1-4H3,(H2,24,25)/t17-,20?/m0/s1. The highest BCUT2D eigenvalue weighted by atomic mass is 32.2. The predicted molar refractivity (Wildman–Crippen MR) is 109 cm³/mol. The SMILES string of the molecule is CSc1cccc(C2(C)N=C(N)N(C)C(=O)[C@@H]2c2ccc(C(C)(F)F)cc2)c1. The van der Waals surface area contributed by atoms with Crippen LogP contribution in [0.15, 0.2) is 58.4 Å². The molecule has 2 aromatic carbocycles. The largest absolute Gasteiger partial charge is 0.369 e. The molecule has 0 fully saturated rings. The van der Waals surface area contributed by atoms with Gasteiger partial charge in [-0.25, -0.2) is 13.8 Å². The number of guanidine groups is 1. The van der Waals surface area contributed by atoms with Gasteiger partial charge in [0, 0.05) is 24.4 Å². The first kappa shape index (κ1) is 20.3. The zero-order valence-corrected chi connectivity index (χ0v) is 17.1. The molecule has 0 saturated heterocycles. The third kappa shape index (κ3) is 3.51. The quantitative estimate of drug-likeness (QED) is 0.774. The maximum Gasteiger partial charge on any atom is 0.270 e. The third-order valence-corrected chi connectivity index (χ3v) is 5.96. The molecule has 2 atom stereocenters. The smallest absolute Gasteiger partial charge is 0.270 e. The Bertz CT molecular complexity index is 924. The van der Waals surface area contributed by atoms with Gasteiger partial charge in [-0.15, -0.1) is 11.8 Å². The van der Waals surface area contributed by atoms with Crippen LogP contribution in [0.25, 0.3) is 0 Å². The Balaban J connectivity index is 2.16. The summed E-state index contributed by atoms with van der Waals surface area (Å²) in [6, 6.07) is 13.7. The Morgan fingerprint density at radius 2 is 1.86 bits per heavy atom. The summed E-state index contributed by atoms with van der Waals surface area (Å²) in [7, 11) is 1.57. The number of alkyl halides is 2. The first-order chi connectivity index (χ1) is 13.1. The molecule has 0 aliphatic carbocycles. The van der Waals surface area contributed by atoms with Crippen LogP contribution in [-0.2, 0) is 16.3 Å². The van der Waals surface area contributed by atoms with Crippen LogP contribution in [-0.4, -0.2) is 30.1 Å². The summed E-state index contributed by atoms with van der Waals surface area (Å²) in [4.78, 5) is 20.2. The number of halogens is 2. The molecule has 1 heterocycles. The van der Waals surface area contributed by atoms with Gasteiger partial charge >= 0.3 is 0 Å². The van der Waals surface area contributed by atoms with E-state index in [1.807, 2.05) is 37.4 Å². The minimum absolute atomic E-state index is 0.0954. The lowest BCUT2D eigenvalue weighted by Gasteiger charge is -2.41. The number of nitrogens with two attached hydrogens (primary N) is 1. The van der Waals surface area contributed by atoms with E-state index < -0.39 is 17.4 Å². The van der Waals surface area contributed by atoms with Crippen LogP contribution in [0.1, 0.15) is 36.5 Å². The number of carbonyl (C=O) groups is 1. The Kier molecular flexibility index (Phi) is 5.23. The molecule has 0 saturated carbocycles. The van der Waals surface area contributed by atoms with Crippen molar-refractivity contribution in [2.24, 2.45) is 10.7 Å². The zero-order valence-electron chi connectivity index (χ0n) is 16.2. The zero-order chi connectivity index (χ0) is 20.7. The van der Waals surface area contributed by atoms with Gasteiger partial charge in [0.05, 0.1) is 5.92 Å². The molecule has 0 bridgehead atoms. The Morgan fingerprint density at radius 3 is 2.43 bits per heavy atom. The summed E-state index contributed by atoms with van der Waals surface area (Å²) < 4.78 is 27.2. The van der Waals surface area contributed by atoms with Crippen LogP contribution in [0.2, 0.25) is 0 Å². The maximum absolute atomic E-state index is 13.6. The molecule has 0 spiro atoms. The molecule has 1 amide bonds.